The minimum atomic E-state index is -0.576. The fourth-order valence-electron chi connectivity index (χ4n) is 1.25. The van der Waals surface area contributed by atoms with Gasteiger partial charge in [0.15, 0.2) is 6.29 Å². The van der Waals surface area contributed by atoms with Crippen molar-refractivity contribution in [3.05, 3.63) is 39.4 Å². The monoisotopic (exact) mass is 208 g/mol. The van der Waals surface area contributed by atoms with Crippen LogP contribution in [0.4, 0.5) is 0 Å². The predicted octanol–water partition coefficient (Wildman–Crippen LogP) is 1.39. The standard InChI is InChI=1S/C9H5ClN2O2/c10-6-3-1-2-5-7(4-13)11-9(14)12-8(5)6/h1-4H,(H,11,12,14). The van der Waals surface area contributed by atoms with Gasteiger partial charge in [0.1, 0.15) is 0 Å². The number of rotatable bonds is 1. The molecule has 0 aliphatic heterocycles. The first kappa shape index (κ1) is 8.90. The van der Waals surface area contributed by atoms with Gasteiger partial charge in [-0.15, -0.1) is 0 Å². The molecule has 5 heteroatoms. The number of nitrogens with zero attached hydrogens (tertiary/aromatic N) is 1. The molecule has 0 fully saturated rings. The average Bonchev–Trinajstić information content (AvgIpc) is 2.18. The van der Waals surface area contributed by atoms with Crippen LogP contribution in [0.25, 0.3) is 10.9 Å². The van der Waals surface area contributed by atoms with Crippen molar-refractivity contribution in [2.45, 2.75) is 0 Å². The Bertz CT molecular complexity index is 562. The molecule has 70 valence electrons. The van der Waals surface area contributed by atoms with Crippen LogP contribution in [-0.2, 0) is 0 Å². The summed E-state index contributed by atoms with van der Waals surface area (Å²) in [6.45, 7) is 0. The molecule has 0 saturated heterocycles. The molecule has 1 N–H and O–H groups in total. The molecule has 2 aromatic rings. The maximum Gasteiger partial charge on any atom is 0.346 e. The number of benzene rings is 1. The van der Waals surface area contributed by atoms with E-state index in [9.17, 15) is 9.59 Å². The summed E-state index contributed by atoms with van der Waals surface area (Å²) in [4.78, 5) is 27.7. The summed E-state index contributed by atoms with van der Waals surface area (Å²) < 4.78 is 0. The average molecular weight is 209 g/mol. The number of H-pyrrole nitrogens is 1. The number of hydrogen-bond donors (Lipinski definition) is 1. The fourth-order valence-corrected chi connectivity index (χ4v) is 1.47. The Morgan fingerprint density at radius 2 is 2.21 bits per heavy atom. The largest absolute Gasteiger partial charge is 0.346 e. The number of carbonyl (C=O) groups excluding carboxylic acids is 1. The number of aldehydes is 1. The van der Waals surface area contributed by atoms with Gasteiger partial charge in [-0.3, -0.25) is 4.79 Å². The van der Waals surface area contributed by atoms with E-state index in [-0.39, 0.29) is 5.69 Å². The zero-order valence-electron chi connectivity index (χ0n) is 6.95. The van der Waals surface area contributed by atoms with Gasteiger partial charge >= 0.3 is 5.69 Å². The van der Waals surface area contributed by atoms with Crippen molar-refractivity contribution in [2.75, 3.05) is 0 Å². The third kappa shape index (κ3) is 1.29. The lowest BCUT2D eigenvalue weighted by Crippen LogP contribution is -2.12. The van der Waals surface area contributed by atoms with Crippen LogP contribution in [0.1, 0.15) is 10.5 Å². The number of aromatic amines is 1. The van der Waals surface area contributed by atoms with Gasteiger partial charge in [-0.2, -0.15) is 4.98 Å². The van der Waals surface area contributed by atoms with E-state index in [1.807, 2.05) is 0 Å². The summed E-state index contributed by atoms with van der Waals surface area (Å²) in [5.41, 5.74) is -0.0322. The first-order chi connectivity index (χ1) is 6.72. The second-order valence-corrected chi connectivity index (χ2v) is 3.12. The molecule has 0 atom stereocenters. The number of halogens is 1. The van der Waals surface area contributed by atoms with Crippen molar-refractivity contribution in [1.82, 2.24) is 9.97 Å². The third-order valence-electron chi connectivity index (χ3n) is 1.85. The molecule has 0 radical (unpaired) electrons. The molecule has 4 nitrogen and oxygen atoms in total. The Labute approximate surface area is 83.5 Å². The molecule has 0 bridgehead atoms. The molecule has 1 aromatic carbocycles. The van der Waals surface area contributed by atoms with Crippen molar-refractivity contribution in [3.8, 4) is 0 Å². The molecule has 0 spiro atoms. The van der Waals surface area contributed by atoms with Crippen LogP contribution in [0.3, 0.4) is 0 Å². The highest BCUT2D eigenvalue weighted by Crippen LogP contribution is 2.20. The predicted molar refractivity (Wildman–Crippen MR) is 52.8 cm³/mol. The number of nitrogens with one attached hydrogen (secondary N) is 1. The Hall–Kier alpha value is -1.68. The second kappa shape index (κ2) is 3.23. The third-order valence-corrected chi connectivity index (χ3v) is 2.15. The summed E-state index contributed by atoms with van der Waals surface area (Å²) in [6, 6.07) is 4.98. The number of hydrogen-bond acceptors (Lipinski definition) is 3. The van der Waals surface area contributed by atoms with Gasteiger partial charge < -0.3 is 4.98 Å². The summed E-state index contributed by atoms with van der Waals surface area (Å²) in [5, 5.41) is 0.906. The van der Waals surface area contributed by atoms with Crippen molar-refractivity contribution < 1.29 is 4.79 Å². The summed E-state index contributed by atoms with van der Waals surface area (Å²) >= 11 is 5.83. The van der Waals surface area contributed by atoms with Crippen LogP contribution in [0.15, 0.2) is 23.0 Å². The van der Waals surface area contributed by atoms with Gasteiger partial charge in [0, 0.05) is 5.39 Å². The van der Waals surface area contributed by atoms with Crippen molar-refractivity contribution >= 4 is 28.8 Å². The van der Waals surface area contributed by atoms with Gasteiger partial charge in [-0.25, -0.2) is 4.79 Å². The van der Waals surface area contributed by atoms with Crippen molar-refractivity contribution in [3.63, 3.8) is 0 Å². The zero-order valence-corrected chi connectivity index (χ0v) is 7.71. The smallest absolute Gasteiger partial charge is 0.302 e. The Morgan fingerprint density at radius 1 is 1.43 bits per heavy atom. The van der Waals surface area contributed by atoms with E-state index in [1.165, 1.54) is 0 Å². The van der Waals surface area contributed by atoms with E-state index in [1.54, 1.807) is 18.2 Å². The first-order valence-electron chi connectivity index (χ1n) is 3.86. The van der Waals surface area contributed by atoms with E-state index in [0.717, 1.165) is 0 Å². The molecule has 2 rings (SSSR count). The van der Waals surface area contributed by atoms with Crippen LogP contribution in [0.2, 0.25) is 5.02 Å². The molecule has 0 saturated carbocycles. The molecule has 0 aliphatic rings. The van der Waals surface area contributed by atoms with Gasteiger partial charge in [0.25, 0.3) is 0 Å². The minimum Gasteiger partial charge on any atom is -0.302 e. The SMILES string of the molecule is O=Cc1[nH]c(=O)nc2c(Cl)cccc12. The van der Waals surface area contributed by atoms with Gasteiger partial charge in [-0.05, 0) is 6.07 Å². The van der Waals surface area contributed by atoms with Gasteiger partial charge in [0.2, 0.25) is 0 Å². The fraction of sp³-hybridized carbons (Fsp3) is 0. The molecule has 1 aromatic heterocycles. The van der Waals surface area contributed by atoms with Crippen LogP contribution >= 0.6 is 11.6 Å². The number of carbonyl (C=O) groups is 1. The quantitative estimate of drug-likeness (QED) is 0.721. The lowest BCUT2D eigenvalue weighted by atomic mass is 10.2. The van der Waals surface area contributed by atoms with E-state index in [0.29, 0.717) is 22.2 Å². The lowest BCUT2D eigenvalue weighted by Gasteiger charge is -2.00. The number of para-hydroxylation sites is 1. The van der Waals surface area contributed by atoms with Crippen molar-refractivity contribution in [2.24, 2.45) is 0 Å². The van der Waals surface area contributed by atoms with Crippen molar-refractivity contribution in [1.29, 1.82) is 0 Å². The second-order valence-electron chi connectivity index (χ2n) is 2.71. The maximum absolute atomic E-state index is 11.0. The summed E-state index contributed by atoms with van der Waals surface area (Å²) in [7, 11) is 0. The number of aromatic nitrogens is 2. The van der Waals surface area contributed by atoms with Gasteiger partial charge in [-0.1, -0.05) is 23.7 Å². The molecule has 14 heavy (non-hydrogen) atoms. The van der Waals surface area contributed by atoms with Gasteiger partial charge in [0.05, 0.1) is 16.2 Å². The van der Waals surface area contributed by atoms with Crippen LogP contribution in [0.5, 0.6) is 0 Å². The van der Waals surface area contributed by atoms with E-state index < -0.39 is 5.69 Å². The van der Waals surface area contributed by atoms with Crippen LogP contribution < -0.4 is 5.69 Å². The Morgan fingerprint density at radius 3 is 2.93 bits per heavy atom. The highest BCUT2D eigenvalue weighted by Gasteiger charge is 2.05. The Balaban J connectivity index is 3.02. The topological polar surface area (TPSA) is 62.8 Å². The molecular weight excluding hydrogens is 204 g/mol. The summed E-state index contributed by atoms with van der Waals surface area (Å²) in [5.74, 6) is 0. The summed E-state index contributed by atoms with van der Waals surface area (Å²) in [6.07, 6.45) is 0.571. The van der Waals surface area contributed by atoms with E-state index >= 15 is 0 Å². The molecule has 0 aliphatic carbocycles. The minimum absolute atomic E-state index is 0.197. The van der Waals surface area contributed by atoms with Crippen LogP contribution in [0, 0.1) is 0 Å². The highest BCUT2D eigenvalue weighted by molar-refractivity contribution is 6.35. The molecule has 0 unspecified atom stereocenters. The highest BCUT2D eigenvalue weighted by atomic mass is 35.5. The molecule has 0 amide bonds. The number of fused-ring (bicyclic) bond motifs is 1. The van der Waals surface area contributed by atoms with E-state index in [2.05, 4.69) is 9.97 Å². The molecule has 1 heterocycles. The maximum atomic E-state index is 11.0. The van der Waals surface area contributed by atoms with E-state index in [4.69, 9.17) is 11.6 Å². The zero-order chi connectivity index (χ0) is 10.1. The normalized spacial score (nSPS) is 10.4. The lowest BCUT2D eigenvalue weighted by molar-refractivity contribution is 0.112. The first-order valence-corrected chi connectivity index (χ1v) is 4.24. The molecular formula is C9H5ClN2O2. The van der Waals surface area contributed by atoms with Crippen LogP contribution in [-0.4, -0.2) is 16.3 Å². The Kier molecular flexibility index (Phi) is 2.05.